The third kappa shape index (κ3) is 5.92. The molecule has 4 aromatic rings. The van der Waals surface area contributed by atoms with E-state index in [-0.39, 0.29) is 23.3 Å². The summed E-state index contributed by atoms with van der Waals surface area (Å²) in [5.41, 5.74) is 4.37. The van der Waals surface area contributed by atoms with Crippen LogP contribution in [0.25, 0.3) is 11.0 Å². The Morgan fingerprint density at radius 1 is 0.956 bits per heavy atom. The number of hydrogen-bond acceptors (Lipinski definition) is 4. The molecule has 2 aromatic heterocycles. The third-order valence-corrected chi connectivity index (χ3v) is 11.0. The summed E-state index contributed by atoms with van der Waals surface area (Å²) in [7, 11) is 0. The van der Waals surface area contributed by atoms with E-state index in [0.29, 0.717) is 30.2 Å². The number of amides is 2. The molecule has 7 rings (SSSR count). The van der Waals surface area contributed by atoms with Crippen LogP contribution in [0.4, 0.5) is 0 Å². The van der Waals surface area contributed by atoms with Gasteiger partial charge in [0.1, 0.15) is 11.5 Å². The number of piperidine rings is 2. The Balaban J connectivity index is 0.992. The lowest BCUT2D eigenvalue weighted by Crippen LogP contribution is -2.49. The van der Waals surface area contributed by atoms with Crippen molar-refractivity contribution in [2.45, 2.75) is 94.8 Å². The van der Waals surface area contributed by atoms with Gasteiger partial charge in [0, 0.05) is 49.9 Å². The first-order chi connectivity index (χ1) is 21.9. The smallest absolute Gasteiger partial charge is 0.267 e. The number of H-pyrrole nitrogens is 1. The summed E-state index contributed by atoms with van der Waals surface area (Å²) in [4.78, 5) is 38.4. The van der Waals surface area contributed by atoms with Crippen molar-refractivity contribution in [2.24, 2.45) is 0 Å². The molecule has 2 N–H and O–H groups in total. The topological polar surface area (TPSA) is 86.3 Å². The molecule has 0 radical (unpaired) electrons. The van der Waals surface area contributed by atoms with E-state index in [0.717, 1.165) is 50.2 Å². The number of likely N-dealkylation sites (tertiary alicyclic amines) is 1. The van der Waals surface area contributed by atoms with Gasteiger partial charge in [0.25, 0.3) is 5.91 Å². The van der Waals surface area contributed by atoms with Crippen molar-refractivity contribution < 1.29 is 9.59 Å². The second kappa shape index (κ2) is 12.5. The molecule has 3 aliphatic heterocycles. The fraction of sp³-hybridized carbons (Fsp3) is 0.486. The molecule has 45 heavy (non-hydrogen) atoms. The van der Waals surface area contributed by atoms with Gasteiger partial charge in [-0.05, 0) is 101 Å². The highest BCUT2D eigenvalue weighted by atomic mass is 16.2. The van der Waals surface area contributed by atoms with Crippen molar-refractivity contribution in [3.8, 4) is 0 Å². The number of aryl methyl sites for hydroxylation is 1. The fourth-order valence-electron chi connectivity index (χ4n) is 8.66. The zero-order chi connectivity index (χ0) is 31.0. The Bertz CT molecular complexity index is 1610. The summed E-state index contributed by atoms with van der Waals surface area (Å²) >= 11 is 0. The van der Waals surface area contributed by atoms with Crippen molar-refractivity contribution >= 4 is 22.8 Å². The highest BCUT2D eigenvalue weighted by Crippen LogP contribution is 2.45. The summed E-state index contributed by atoms with van der Waals surface area (Å²) in [6.45, 7) is 6.69. The average molecular weight is 607 g/mol. The minimum absolute atomic E-state index is 0.0684. The van der Waals surface area contributed by atoms with Crippen molar-refractivity contribution in [3.05, 3.63) is 90.0 Å². The predicted octanol–water partition coefficient (Wildman–Crippen LogP) is 6.00. The molecule has 3 fully saturated rings. The number of carbonyl (C=O) groups is 2. The molecule has 5 heterocycles. The maximum Gasteiger partial charge on any atom is 0.267 e. The molecule has 3 aliphatic rings. The molecule has 2 bridgehead atoms. The van der Waals surface area contributed by atoms with E-state index in [1.54, 1.807) is 18.3 Å². The van der Waals surface area contributed by atoms with Gasteiger partial charge in [-0.1, -0.05) is 42.5 Å². The van der Waals surface area contributed by atoms with Crippen LogP contribution >= 0.6 is 0 Å². The van der Waals surface area contributed by atoms with Gasteiger partial charge in [0.2, 0.25) is 5.91 Å². The first-order valence-corrected chi connectivity index (χ1v) is 16.9. The van der Waals surface area contributed by atoms with Crippen LogP contribution in [0, 0.1) is 6.92 Å². The second-order valence-corrected chi connectivity index (χ2v) is 13.7. The van der Waals surface area contributed by atoms with E-state index < -0.39 is 0 Å². The fourth-order valence-corrected chi connectivity index (χ4v) is 8.66. The number of benzene rings is 2. The van der Waals surface area contributed by atoms with Crippen molar-refractivity contribution in [1.82, 2.24) is 29.7 Å². The average Bonchev–Trinajstić information content (AvgIpc) is 3.76. The third-order valence-electron chi connectivity index (χ3n) is 11.0. The largest absolute Gasteiger partial charge is 0.357 e. The quantitative estimate of drug-likeness (QED) is 0.245. The number of carbonyl (C=O) groups excluding carboxylic acids is 2. The molecule has 4 atom stereocenters. The van der Waals surface area contributed by atoms with Gasteiger partial charge >= 0.3 is 0 Å². The SMILES string of the molecule is Cc1nc2ccccc2n1C1C[C@H]2CC[C@@H](C1)N2CCC1(c2ccccc2)CCN(C(=O)CC(C)NC(=O)c2ccc[nH]2)CC1. The Morgan fingerprint density at radius 3 is 2.38 bits per heavy atom. The molecule has 8 nitrogen and oxygen atoms in total. The van der Waals surface area contributed by atoms with Crippen molar-refractivity contribution in [2.75, 3.05) is 19.6 Å². The zero-order valence-corrected chi connectivity index (χ0v) is 26.6. The molecule has 2 aromatic carbocycles. The van der Waals surface area contributed by atoms with Gasteiger partial charge in [-0.3, -0.25) is 14.5 Å². The minimum atomic E-state index is -0.225. The lowest BCUT2D eigenvalue weighted by Gasteiger charge is -2.46. The van der Waals surface area contributed by atoms with Crippen LogP contribution in [0.1, 0.15) is 86.2 Å². The number of fused-ring (bicyclic) bond motifs is 3. The summed E-state index contributed by atoms with van der Waals surface area (Å²) in [5, 5.41) is 2.96. The molecule has 2 unspecified atom stereocenters. The van der Waals surface area contributed by atoms with Crippen LogP contribution in [0.5, 0.6) is 0 Å². The number of imidazole rings is 1. The molecular formula is C37H46N6O2. The molecule has 3 saturated heterocycles. The normalized spacial score (nSPS) is 23.7. The van der Waals surface area contributed by atoms with Crippen LogP contribution in [-0.4, -0.2) is 73.9 Å². The lowest BCUT2D eigenvalue weighted by molar-refractivity contribution is -0.133. The van der Waals surface area contributed by atoms with Crippen molar-refractivity contribution in [1.29, 1.82) is 0 Å². The Labute approximate surface area is 266 Å². The first-order valence-electron chi connectivity index (χ1n) is 16.9. The van der Waals surface area contributed by atoms with E-state index in [1.807, 2.05) is 11.8 Å². The number of rotatable bonds is 9. The monoisotopic (exact) mass is 606 g/mol. The van der Waals surface area contributed by atoms with Gasteiger partial charge in [-0.2, -0.15) is 0 Å². The van der Waals surface area contributed by atoms with Crippen LogP contribution in [0.2, 0.25) is 0 Å². The molecule has 0 spiro atoms. The second-order valence-electron chi connectivity index (χ2n) is 13.7. The van der Waals surface area contributed by atoms with Crippen LogP contribution in [0.15, 0.2) is 72.9 Å². The standard InChI is InChI=1S/C37H46N6O2/c1-26(39-36(45)33-12-8-19-38-33)23-35(44)41-20-16-37(17-21-41,28-9-4-3-5-10-28)18-22-42-29-14-15-30(42)25-31(24-29)43-27(2)40-32-11-6-7-13-34(32)43/h3-13,19,26,29-31,38H,14-18,20-25H2,1-2H3,(H,39,45)/t26?,29-,30+,31?. The molecule has 8 heteroatoms. The van der Waals surface area contributed by atoms with E-state index in [4.69, 9.17) is 4.98 Å². The summed E-state index contributed by atoms with van der Waals surface area (Å²) in [6, 6.07) is 24.7. The van der Waals surface area contributed by atoms with Gasteiger partial charge in [0.15, 0.2) is 0 Å². The Morgan fingerprint density at radius 2 is 1.67 bits per heavy atom. The van der Waals surface area contributed by atoms with E-state index in [1.165, 1.54) is 36.8 Å². The molecule has 236 valence electrons. The highest BCUT2D eigenvalue weighted by molar-refractivity contribution is 5.92. The van der Waals surface area contributed by atoms with Crippen molar-refractivity contribution in [3.63, 3.8) is 0 Å². The van der Waals surface area contributed by atoms with Gasteiger partial charge < -0.3 is 19.8 Å². The molecular weight excluding hydrogens is 560 g/mol. The maximum atomic E-state index is 13.3. The summed E-state index contributed by atoms with van der Waals surface area (Å²) < 4.78 is 2.52. The Hall–Kier alpha value is -3.91. The van der Waals surface area contributed by atoms with Gasteiger partial charge in [-0.25, -0.2) is 4.98 Å². The van der Waals surface area contributed by atoms with Gasteiger partial charge in [0.05, 0.1) is 11.0 Å². The lowest BCUT2D eigenvalue weighted by atomic mass is 9.70. The first kappa shape index (κ1) is 29.8. The van der Waals surface area contributed by atoms with Crippen LogP contribution < -0.4 is 5.32 Å². The summed E-state index contributed by atoms with van der Waals surface area (Å²) in [6.07, 6.45) is 10.1. The van der Waals surface area contributed by atoms with E-state index in [9.17, 15) is 9.59 Å². The van der Waals surface area contributed by atoms with Gasteiger partial charge in [-0.15, -0.1) is 0 Å². The highest BCUT2D eigenvalue weighted by Gasteiger charge is 2.44. The number of hydrogen-bond donors (Lipinski definition) is 2. The van der Waals surface area contributed by atoms with Crippen LogP contribution in [-0.2, 0) is 10.2 Å². The summed E-state index contributed by atoms with van der Waals surface area (Å²) in [5.74, 6) is 1.09. The van der Waals surface area contributed by atoms with Crippen LogP contribution in [0.3, 0.4) is 0 Å². The molecule has 0 saturated carbocycles. The number of aromatic nitrogens is 3. The predicted molar refractivity (Wildman–Crippen MR) is 177 cm³/mol. The number of nitrogens with zero attached hydrogens (tertiary/aromatic N) is 4. The number of para-hydroxylation sites is 2. The molecule has 2 amide bonds. The molecule has 0 aliphatic carbocycles. The number of nitrogens with one attached hydrogen (secondary N) is 2. The number of aromatic amines is 1. The minimum Gasteiger partial charge on any atom is -0.357 e. The zero-order valence-electron chi connectivity index (χ0n) is 26.6. The maximum absolute atomic E-state index is 13.3. The van der Waals surface area contributed by atoms with E-state index >= 15 is 0 Å². The van der Waals surface area contributed by atoms with E-state index in [2.05, 4.69) is 81.3 Å². The Kier molecular flexibility index (Phi) is 8.25.